The van der Waals surface area contributed by atoms with Gasteiger partial charge in [-0.3, -0.25) is 9.59 Å². The van der Waals surface area contributed by atoms with Crippen molar-refractivity contribution in [2.45, 2.75) is 12.6 Å². The number of amides is 1. The molecule has 11 heteroatoms. The van der Waals surface area contributed by atoms with Crippen LogP contribution in [0.2, 0.25) is 0 Å². The number of benzene rings is 3. The average molecular weight is 546 g/mol. The molecule has 40 heavy (non-hydrogen) atoms. The third-order valence-electron chi connectivity index (χ3n) is 7.14. The maximum atomic E-state index is 13.6. The summed E-state index contributed by atoms with van der Waals surface area (Å²) in [5.41, 5.74) is 1.44. The molecule has 0 unspecified atom stereocenters. The van der Waals surface area contributed by atoms with Crippen molar-refractivity contribution in [3.05, 3.63) is 70.8 Å². The lowest BCUT2D eigenvalue weighted by molar-refractivity contribution is -0.140. The second kappa shape index (κ2) is 9.30. The minimum atomic E-state index is -0.970. The Balaban J connectivity index is 1.37. The Hall–Kier alpha value is -5.06. The third kappa shape index (κ3) is 3.81. The Kier molecular flexibility index (Phi) is 5.58. The monoisotopic (exact) mass is 545 g/mol. The van der Waals surface area contributed by atoms with Crippen LogP contribution in [-0.4, -0.2) is 55.6 Å². The van der Waals surface area contributed by atoms with Gasteiger partial charge >= 0.3 is 0 Å². The summed E-state index contributed by atoms with van der Waals surface area (Å²) in [6.45, 7) is 0.934. The number of aliphatic hydroxyl groups excluding tert-OH is 1. The van der Waals surface area contributed by atoms with Crippen molar-refractivity contribution >= 4 is 17.4 Å². The van der Waals surface area contributed by atoms with Crippen LogP contribution >= 0.6 is 0 Å². The van der Waals surface area contributed by atoms with E-state index in [0.29, 0.717) is 70.2 Å². The number of likely N-dealkylation sites (tertiary alicyclic amines) is 1. The zero-order valence-corrected chi connectivity index (χ0v) is 21.3. The van der Waals surface area contributed by atoms with Gasteiger partial charge in [0.15, 0.2) is 34.5 Å². The van der Waals surface area contributed by atoms with E-state index in [2.05, 4.69) is 0 Å². The van der Waals surface area contributed by atoms with Crippen molar-refractivity contribution in [1.29, 1.82) is 0 Å². The van der Waals surface area contributed by atoms with E-state index in [1.807, 2.05) is 0 Å². The smallest absolute Gasteiger partial charge is 0.295 e. The summed E-state index contributed by atoms with van der Waals surface area (Å²) in [7, 11) is 1.49. The maximum absolute atomic E-state index is 13.6. The second-order valence-corrected chi connectivity index (χ2v) is 9.43. The molecule has 3 aromatic carbocycles. The number of methoxy groups -OCH3 is 1. The van der Waals surface area contributed by atoms with Gasteiger partial charge in [-0.2, -0.15) is 0 Å². The van der Waals surface area contributed by atoms with Crippen LogP contribution < -0.4 is 33.2 Å². The van der Waals surface area contributed by atoms with Crippen LogP contribution in [0.5, 0.6) is 40.2 Å². The fourth-order valence-electron chi connectivity index (χ4n) is 5.28. The van der Waals surface area contributed by atoms with Crippen molar-refractivity contribution in [2.75, 3.05) is 33.9 Å². The molecule has 1 N–H and O–H groups in total. The van der Waals surface area contributed by atoms with Crippen molar-refractivity contribution in [2.24, 2.45) is 0 Å². The number of rotatable bonds is 5. The first-order valence-corrected chi connectivity index (χ1v) is 12.6. The van der Waals surface area contributed by atoms with Gasteiger partial charge in [-0.05, 0) is 53.6 Å². The van der Waals surface area contributed by atoms with Crippen molar-refractivity contribution in [1.82, 2.24) is 4.90 Å². The van der Waals surface area contributed by atoms with E-state index in [4.69, 9.17) is 33.2 Å². The number of hydrogen-bond donors (Lipinski definition) is 1. The molecular weight excluding hydrogens is 522 g/mol. The first kappa shape index (κ1) is 24.0. The SMILES string of the molecule is COc1cc([C@H]2C(=C(O)c3ccc4c(c3)OCCO4)C(=O)C(=O)N2Cc2ccc3c(c2)OCO3)cc2c1OCO2. The molecule has 0 aliphatic carbocycles. The molecule has 0 aromatic heterocycles. The van der Waals surface area contributed by atoms with Gasteiger partial charge in [-0.1, -0.05) is 6.07 Å². The molecule has 1 amide bonds. The summed E-state index contributed by atoms with van der Waals surface area (Å²) in [6, 6.07) is 12.6. The van der Waals surface area contributed by atoms with Crippen LogP contribution in [0.25, 0.3) is 5.76 Å². The number of Topliss-reactive ketones (excluding diaryl/α,β-unsaturated/α-hetero) is 1. The Morgan fingerprint density at radius 2 is 1.55 bits per heavy atom. The molecule has 7 rings (SSSR count). The second-order valence-electron chi connectivity index (χ2n) is 9.43. The molecule has 4 aliphatic heterocycles. The number of ketones is 1. The highest BCUT2D eigenvalue weighted by atomic mass is 16.7. The topological polar surface area (TPSA) is 122 Å². The molecule has 1 fully saturated rings. The van der Waals surface area contributed by atoms with E-state index in [0.717, 1.165) is 0 Å². The summed E-state index contributed by atoms with van der Waals surface area (Å²) in [5.74, 6) is 1.38. The Morgan fingerprint density at radius 1 is 0.850 bits per heavy atom. The molecule has 0 saturated carbocycles. The van der Waals surface area contributed by atoms with Crippen LogP contribution in [0.3, 0.4) is 0 Å². The number of ether oxygens (including phenoxy) is 7. The first-order valence-electron chi connectivity index (χ1n) is 12.6. The van der Waals surface area contributed by atoms with E-state index in [1.165, 1.54) is 12.0 Å². The molecule has 0 radical (unpaired) electrons. The Labute approximate surface area is 228 Å². The molecule has 11 nitrogen and oxygen atoms in total. The number of aliphatic hydroxyl groups is 1. The van der Waals surface area contributed by atoms with Gasteiger partial charge in [0, 0.05) is 12.1 Å². The van der Waals surface area contributed by atoms with Gasteiger partial charge in [0.1, 0.15) is 19.0 Å². The Morgan fingerprint density at radius 3 is 2.40 bits per heavy atom. The molecule has 4 aliphatic rings. The quantitative estimate of drug-likeness (QED) is 0.289. The van der Waals surface area contributed by atoms with Crippen LogP contribution in [0.4, 0.5) is 0 Å². The minimum absolute atomic E-state index is 0.00370. The summed E-state index contributed by atoms with van der Waals surface area (Å²) in [4.78, 5) is 28.5. The lowest BCUT2D eigenvalue weighted by Gasteiger charge is -2.26. The fraction of sp³-hybridized carbons (Fsp3) is 0.241. The first-order chi connectivity index (χ1) is 19.5. The van der Waals surface area contributed by atoms with Crippen molar-refractivity contribution < 1.29 is 47.9 Å². The number of fused-ring (bicyclic) bond motifs is 3. The molecule has 0 spiro atoms. The highest BCUT2D eigenvalue weighted by molar-refractivity contribution is 6.46. The van der Waals surface area contributed by atoms with E-state index >= 15 is 0 Å². The molecular formula is C29H23NO10. The van der Waals surface area contributed by atoms with Gasteiger partial charge in [0.25, 0.3) is 11.7 Å². The minimum Gasteiger partial charge on any atom is -0.507 e. The van der Waals surface area contributed by atoms with Crippen LogP contribution in [0, 0.1) is 0 Å². The maximum Gasteiger partial charge on any atom is 0.295 e. The number of hydrogen-bond acceptors (Lipinski definition) is 10. The van der Waals surface area contributed by atoms with Crippen molar-refractivity contribution in [3.63, 3.8) is 0 Å². The summed E-state index contributed by atoms with van der Waals surface area (Å²) < 4.78 is 38.8. The summed E-state index contributed by atoms with van der Waals surface area (Å²) in [5, 5.41) is 11.5. The standard InChI is InChI=1S/C29H23NO10/c1-34-22-10-17(11-23-28(22)40-14-39-23)25-24(26(31)16-3-5-18-21(9-16)36-7-6-35-18)27(32)29(33)30(25)12-15-2-4-19-20(8-15)38-13-37-19/h2-5,8-11,25,31H,6-7,12-14H2,1H3/t25-/m0/s1. The number of nitrogens with zero attached hydrogens (tertiary/aromatic N) is 1. The highest BCUT2D eigenvalue weighted by Crippen LogP contribution is 2.48. The van der Waals surface area contributed by atoms with Crippen LogP contribution in [0.1, 0.15) is 22.7 Å². The molecule has 204 valence electrons. The predicted molar refractivity (Wildman–Crippen MR) is 137 cm³/mol. The van der Waals surface area contributed by atoms with Crippen LogP contribution in [0.15, 0.2) is 54.1 Å². The lowest BCUT2D eigenvalue weighted by Crippen LogP contribution is -2.29. The zero-order valence-electron chi connectivity index (χ0n) is 21.3. The average Bonchev–Trinajstić information content (AvgIpc) is 3.71. The molecule has 4 heterocycles. The van der Waals surface area contributed by atoms with Gasteiger partial charge in [-0.25, -0.2) is 0 Å². The lowest BCUT2D eigenvalue weighted by atomic mass is 9.94. The third-order valence-corrected chi connectivity index (χ3v) is 7.14. The normalized spacial score (nSPS) is 19.7. The van der Waals surface area contributed by atoms with Crippen LogP contribution in [-0.2, 0) is 16.1 Å². The van der Waals surface area contributed by atoms with Gasteiger partial charge in [0.2, 0.25) is 19.3 Å². The summed E-state index contributed by atoms with van der Waals surface area (Å²) in [6.07, 6.45) is 0. The highest BCUT2D eigenvalue weighted by Gasteiger charge is 2.47. The van der Waals surface area contributed by atoms with E-state index in [1.54, 1.807) is 48.5 Å². The molecule has 3 aromatic rings. The molecule has 1 atom stereocenters. The summed E-state index contributed by atoms with van der Waals surface area (Å²) >= 11 is 0. The van der Waals surface area contributed by atoms with Gasteiger partial charge in [-0.15, -0.1) is 0 Å². The van der Waals surface area contributed by atoms with E-state index in [9.17, 15) is 14.7 Å². The zero-order chi connectivity index (χ0) is 27.4. The molecule has 1 saturated heterocycles. The van der Waals surface area contributed by atoms with E-state index < -0.39 is 17.7 Å². The van der Waals surface area contributed by atoms with Crippen molar-refractivity contribution in [3.8, 4) is 40.2 Å². The molecule has 0 bridgehead atoms. The predicted octanol–water partition coefficient (Wildman–Crippen LogP) is 3.55. The van der Waals surface area contributed by atoms with Gasteiger partial charge in [0.05, 0.1) is 18.7 Å². The Bertz CT molecular complexity index is 1600. The fourth-order valence-corrected chi connectivity index (χ4v) is 5.28. The number of carbonyl (C=O) groups is 2. The van der Waals surface area contributed by atoms with E-state index in [-0.39, 0.29) is 31.5 Å². The largest absolute Gasteiger partial charge is 0.507 e. The van der Waals surface area contributed by atoms with Gasteiger partial charge < -0.3 is 43.2 Å². The number of carbonyl (C=O) groups excluding carboxylic acids is 2.